The number of nitrogens with zero attached hydrogens (tertiary/aromatic N) is 1. The van der Waals surface area contributed by atoms with Crippen molar-refractivity contribution in [3.05, 3.63) is 42.5 Å². The Morgan fingerprint density at radius 3 is 2.38 bits per heavy atom. The van der Waals surface area contributed by atoms with Crippen LogP contribution in [0.3, 0.4) is 0 Å². The quantitative estimate of drug-likeness (QED) is 0.791. The van der Waals surface area contributed by atoms with E-state index in [0.29, 0.717) is 18.1 Å². The molecule has 2 heterocycles. The van der Waals surface area contributed by atoms with Crippen molar-refractivity contribution in [2.45, 2.75) is 17.0 Å². The summed E-state index contributed by atoms with van der Waals surface area (Å²) in [7, 11) is -3.52. The molecule has 0 N–H and O–H groups in total. The Balaban J connectivity index is 1.78. The number of rotatable bonds is 2. The van der Waals surface area contributed by atoms with Crippen LogP contribution in [0.4, 0.5) is 0 Å². The third kappa shape index (κ3) is 2.06. The van der Waals surface area contributed by atoms with E-state index in [2.05, 4.69) is 0 Å². The lowest BCUT2D eigenvalue weighted by atomic mass is 10.1. The van der Waals surface area contributed by atoms with Gasteiger partial charge in [0.25, 0.3) is 0 Å². The van der Waals surface area contributed by atoms with Gasteiger partial charge in [-0.1, -0.05) is 36.4 Å². The van der Waals surface area contributed by atoms with Crippen LogP contribution in [0.5, 0.6) is 0 Å². The smallest absolute Gasteiger partial charge is 0.244 e. The number of hydrogen-bond acceptors (Lipinski definition) is 4. The molecule has 1 unspecified atom stereocenters. The van der Waals surface area contributed by atoms with E-state index >= 15 is 0 Å². The van der Waals surface area contributed by atoms with Crippen LogP contribution in [0, 0.1) is 0 Å². The summed E-state index contributed by atoms with van der Waals surface area (Å²) in [6.07, 6.45) is 0. The zero-order chi connectivity index (χ0) is 14.4. The van der Waals surface area contributed by atoms with E-state index in [1.165, 1.54) is 4.31 Å². The van der Waals surface area contributed by atoms with Gasteiger partial charge < -0.3 is 9.47 Å². The zero-order valence-corrected chi connectivity index (χ0v) is 12.1. The first-order valence-corrected chi connectivity index (χ1v) is 8.30. The minimum absolute atomic E-state index is 0.100. The van der Waals surface area contributed by atoms with E-state index in [1.807, 2.05) is 30.3 Å². The topological polar surface area (TPSA) is 55.6 Å². The summed E-state index contributed by atoms with van der Waals surface area (Å²) in [5.41, 5.74) is 0. The maximum absolute atomic E-state index is 12.9. The summed E-state index contributed by atoms with van der Waals surface area (Å²) in [6, 6.07) is 12.7. The van der Waals surface area contributed by atoms with Crippen LogP contribution >= 0.6 is 0 Å². The predicted octanol–water partition coefficient (Wildman–Crippen LogP) is 1.59. The summed E-state index contributed by atoms with van der Waals surface area (Å²) >= 11 is 0. The normalized spacial score (nSPS) is 28.9. The molecule has 2 aromatic rings. The third-order valence-electron chi connectivity index (χ3n) is 4.06. The lowest BCUT2D eigenvalue weighted by molar-refractivity contribution is -0.0435. The lowest BCUT2D eigenvalue weighted by Gasteiger charge is -2.11. The van der Waals surface area contributed by atoms with Crippen LogP contribution in [-0.4, -0.2) is 44.8 Å². The first-order chi connectivity index (χ1) is 10.2. The van der Waals surface area contributed by atoms with Gasteiger partial charge in [-0.15, -0.1) is 0 Å². The van der Waals surface area contributed by atoms with E-state index in [9.17, 15) is 8.42 Å². The Hall–Kier alpha value is -1.47. The fourth-order valence-electron chi connectivity index (χ4n) is 2.97. The molecule has 0 aromatic heterocycles. The molecule has 0 saturated carbocycles. The van der Waals surface area contributed by atoms with Crippen LogP contribution in [0.2, 0.25) is 0 Å². The number of ether oxygens (including phenoxy) is 2. The molecule has 3 atom stereocenters. The summed E-state index contributed by atoms with van der Waals surface area (Å²) in [5, 5.41) is 1.68. The molecule has 6 heteroatoms. The Morgan fingerprint density at radius 2 is 1.62 bits per heavy atom. The second-order valence-electron chi connectivity index (χ2n) is 5.31. The van der Waals surface area contributed by atoms with Crippen molar-refractivity contribution in [2.24, 2.45) is 0 Å². The summed E-state index contributed by atoms with van der Waals surface area (Å²) in [6.45, 7) is 1.04. The van der Waals surface area contributed by atoms with Crippen molar-refractivity contribution < 1.29 is 17.9 Å². The average molecular weight is 305 g/mol. The molecular weight excluding hydrogens is 290 g/mol. The summed E-state index contributed by atoms with van der Waals surface area (Å²) in [4.78, 5) is 0.355. The van der Waals surface area contributed by atoms with Gasteiger partial charge in [-0.3, -0.25) is 0 Å². The Morgan fingerprint density at radius 1 is 0.952 bits per heavy atom. The standard InChI is InChI=1S/C15H15NO4S/c17-21(18,16-13-8-19-10-20-9-14(13)16)15-7-3-5-11-4-1-2-6-12(11)15/h1-7,13-14H,8-10H2/t13-,14+,16?. The minimum atomic E-state index is -3.52. The number of sulfonamides is 1. The van der Waals surface area contributed by atoms with Crippen molar-refractivity contribution in [1.29, 1.82) is 0 Å². The van der Waals surface area contributed by atoms with Gasteiger partial charge in [0.2, 0.25) is 10.0 Å². The molecule has 0 aliphatic carbocycles. The minimum Gasteiger partial charge on any atom is -0.354 e. The molecule has 4 rings (SSSR count). The molecule has 2 saturated heterocycles. The van der Waals surface area contributed by atoms with E-state index in [0.717, 1.165) is 10.8 Å². The first kappa shape index (κ1) is 13.2. The molecular formula is C15H15NO4S. The Labute approximate surface area is 123 Å². The first-order valence-electron chi connectivity index (χ1n) is 6.86. The number of hydrogen-bond donors (Lipinski definition) is 0. The SMILES string of the molecule is O=S(=O)(c1cccc2ccccc12)N1[C@@H]2COCOC[C@@H]21. The maximum atomic E-state index is 12.9. The van der Waals surface area contributed by atoms with Gasteiger partial charge in [0.15, 0.2) is 0 Å². The largest absolute Gasteiger partial charge is 0.354 e. The fraction of sp³-hybridized carbons (Fsp3) is 0.333. The highest BCUT2D eigenvalue weighted by atomic mass is 32.2. The van der Waals surface area contributed by atoms with E-state index < -0.39 is 10.0 Å². The fourth-order valence-corrected chi connectivity index (χ4v) is 4.97. The molecule has 2 aliphatic rings. The van der Waals surface area contributed by atoms with Gasteiger partial charge in [-0.05, 0) is 11.5 Å². The van der Waals surface area contributed by atoms with Crippen molar-refractivity contribution in [3.8, 4) is 0 Å². The maximum Gasteiger partial charge on any atom is 0.244 e. The van der Waals surface area contributed by atoms with Crippen LogP contribution in [0.1, 0.15) is 0 Å². The van der Waals surface area contributed by atoms with Crippen molar-refractivity contribution in [3.63, 3.8) is 0 Å². The highest BCUT2D eigenvalue weighted by molar-refractivity contribution is 7.89. The molecule has 21 heavy (non-hydrogen) atoms. The van der Waals surface area contributed by atoms with Crippen LogP contribution in [0.15, 0.2) is 47.4 Å². The zero-order valence-electron chi connectivity index (χ0n) is 11.3. The molecule has 2 fully saturated rings. The highest BCUT2D eigenvalue weighted by Crippen LogP contribution is 2.39. The molecule has 2 aliphatic heterocycles. The van der Waals surface area contributed by atoms with Crippen molar-refractivity contribution >= 4 is 20.8 Å². The summed E-state index contributed by atoms with van der Waals surface area (Å²) in [5.74, 6) is 0. The van der Waals surface area contributed by atoms with Gasteiger partial charge >= 0.3 is 0 Å². The molecule has 110 valence electrons. The van der Waals surface area contributed by atoms with Crippen molar-refractivity contribution in [1.82, 2.24) is 4.31 Å². The molecule has 0 amide bonds. The molecule has 0 bridgehead atoms. The van der Waals surface area contributed by atoms with Crippen molar-refractivity contribution in [2.75, 3.05) is 20.0 Å². The summed E-state index contributed by atoms with van der Waals surface area (Å²) < 4.78 is 37.8. The van der Waals surface area contributed by atoms with Gasteiger partial charge in [0.05, 0.1) is 30.2 Å². The Kier molecular flexibility index (Phi) is 3.00. The van der Waals surface area contributed by atoms with Crippen LogP contribution < -0.4 is 0 Å². The molecule has 0 radical (unpaired) electrons. The third-order valence-corrected chi connectivity index (χ3v) is 6.07. The average Bonchev–Trinajstić information content (AvgIpc) is 3.22. The van der Waals surface area contributed by atoms with Gasteiger partial charge in [-0.2, -0.15) is 4.31 Å². The van der Waals surface area contributed by atoms with Gasteiger partial charge in [-0.25, -0.2) is 8.42 Å². The second-order valence-corrected chi connectivity index (χ2v) is 7.12. The molecule has 2 aromatic carbocycles. The van der Waals surface area contributed by atoms with Crippen LogP contribution in [0.25, 0.3) is 10.8 Å². The lowest BCUT2D eigenvalue weighted by Crippen LogP contribution is -2.20. The van der Waals surface area contributed by atoms with E-state index in [-0.39, 0.29) is 18.9 Å². The second kappa shape index (κ2) is 4.78. The van der Waals surface area contributed by atoms with E-state index in [1.54, 1.807) is 12.1 Å². The monoisotopic (exact) mass is 305 g/mol. The highest BCUT2D eigenvalue weighted by Gasteiger charge is 2.56. The van der Waals surface area contributed by atoms with Gasteiger partial charge in [0, 0.05) is 5.39 Å². The predicted molar refractivity (Wildman–Crippen MR) is 77.3 cm³/mol. The van der Waals surface area contributed by atoms with E-state index in [4.69, 9.17) is 9.47 Å². The number of benzene rings is 2. The molecule has 0 spiro atoms. The van der Waals surface area contributed by atoms with Gasteiger partial charge in [0.1, 0.15) is 6.79 Å². The number of fused-ring (bicyclic) bond motifs is 2. The van der Waals surface area contributed by atoms with Crippen LogP contribution in [-0.2, 0) is 19.5 Å². The Bertz CT molecular complexity index is 772. The molecule has 5 nitrogen and oxygen atoms in total.